The molecule has 0 saturated heterocycles. The van der Waals surface area contributed by atoms with E-state index in [4.69, 9.17) is 4.74 Å². The van der Waals surface area contributed by atoms with Crippen LogP contribution in [-0.2, 0) is 6.42 Å². The van der Waals surface area contributed by atoms with Crippen molar-refractivity contribution in [3.05, 3.63) is 88.7 Å². The number of hydrogen-bond acceptors (Lipinski definition) is 1. The van der Waals surface area contributed by atoms with Crippen molar-refractivity contribution in [2.24, 2.45) is 5.92 Å². The van der Waals surface area contributed by atoms with Crippen LogP contribution in [0.2, 0.25) is 0 Å². The Morgan fingerprint density at radius 1 is 0.778 bits per heavy atom. The molecular weight excluding hydrogens is 471 g/mol. The average molecular weight is 503 g/mol. The van der Waals surface area contributed by atoms with Crippen molar-refractivity contribution in [1.29, 1.82) is 0 Å². The zero-order chi connectivity index (χ0) is 25.7. The van der Waals surface area contributed by atoms with E-state index in [1.54, 1.807) is 12.1 Å². The molecule has 36 heavy (non-hydrogen) atoms. The predicted molar refractivity (Wildman–Crippen MR) is 132 cm³/mol. The summed E-state index contributed by atoms with van der Waals surface area (Å²) < 4.78 is 74.4. The van der Waals surface area contributed by atoms with Crippen LogP contribution < -0.4 is 4.74 Å². The molecule has 1 aliphatic rings. The summed E-state index contributed by atoms with van der Waals surface area (Å²) in [7, 11) is 0. The molecule has 0 atom stereocenters. The predicted octanol–water partition coefficient (Wildman–Crippen LogP) is 9.13. The first kappa shape index (κ1) is 26.2. The van der Waals surface area contributed by atoms with Gasteiger partial charge in [-0.3, -0.25) is 0 Å². The van der Waals surface area contributed by atoms with E-state index in [9.17, 15) is 22.0 Å². The molecule has 3 aromatic rings. The molecule has 0 radical (unpaired) electrons. The number of aryl methyl sites for hydroxylation is 1. The smallest absolute Gasteiger partial charge is 0.194 e. The van der Waals surface area contributed by atoms with E-state index in [1.807, 2.05) is 24.3 Å². The zero-order valence-electron chi connectivity index (χ0n) is 20.4. The third kappa shape index (κ3) is 6.08. The fourth-order valence-electron chi connectivity index (χ4n) is 5.20. The van der Waals surface area contributed by atoms with Gasteiger partial charge in [0.2, 0.25) is 0 Å². The van der Waals surface area contributed by atoms with Gasteiger partial charge in [-0.2, -0.15) is 0 Å². The Hall–Kier alpha value is -2.89. The van der Waals surface area contributed by atoms with Gasteiger partial charge in [0.05, 0.1) is 6.61 Å². The second-order valence-electron chi connectivity index (χ2n) is 9.68. The van der Waals surface area contributed by atoms with E-state index in [2.05, 4.69) is 6.92 Å². The molecular formula is C30H31F5O. The fourth-order valence-corrected chi connectivity index (χ4v) is 5.20. The maximum atomic E-state index is 14.9. The van der Waals surface area contributed by atoms with Crippen molar-refractivity contribution in [3.63, 3.8) is 0 Å². The molecule has 1 fully saturated rings. The fraction of sp³-hybridized carbons (Fsp3) is 0.400. The van der Waals surface area contributed by atoms with Crippen LogP contribution >= 0.6 is 0 Å². The normalized spacial score (nSPS) is 17.8. The molecule has 6 heteroatoms. The van der Waals surface area contributed by atoms with E-state index in [-0.39, 0.29) is 36.3 Å². The molecule has 0 spiro atoms. The van der Waals surface area contributed by atoms with Gasteiger partial charge < -0.3 is 4.74 Å². The van der Waals surface area contributed by atoms with Crippen LogP contribution in [0.15, 0.2) is 48.5 Å². The largest absolute Gasteiger partial charge is 0.493 e. The van der Waals surface area contributed by atoms with E-state index in [0.29, 0.717) is 11.5 Å². The lowest BCUT2D eigenvalue weighted by molar-refractivity contribution is 0.303. The standard InChI is InChI=1S/C30H31F5O/c1-2-4-19-6-8-20(9-7-19)21-10-12-22(13-11-21)25-15-14-23(28(33)29(25)34)5-3-16-36-24-17-26(31)30(35)27(32)18-24/h10-15,17-20H,2-9,16H2,1H3. The van der Waals surface area contributed by atoms with Crippen molar-refractivity contribution in [2.45, 2.75) is 64.2 Å². The maximum Gasteiger partial charge on any atom is 0.194 e. The highest BCUT2D eigenvalue weighted by molar-refractivity contribution is 5.65. The highest BCUT2D eigenvalue weighted by atomic mass is 19.2. The lowest BCUT2D eigenvalue weighted by Crippen LogP contribution is -2.13. The Bertz CT molecular complexity index is 1140. The molecule has 0 unspecified atom stereocenters. The van der Waals surface area contributed by atoms with Crippen LogP contribution in [0.25, 0.3) is 11.1 Å². The molecule has 1 aliphatic carbocycles. The second kappa shape index (κ2) is 11.9. The quantitative estimate of drug-likeness (QED) is 0.161. The summed E-state index contributed by atoms with van der Waals surface area (Å²) in [6, 6.07) is 12.4. The van der Waals surface area contributed by atoms with Gasteiger partial charge in [-0.25, -0.2) is 22.0 Å². The Kier molecular flexibility index (Phi) is 8.65. The van der Waals surface area contributed by atoms with Gasteiger partial charge in [0.25, 0.3) is 0 Å². The summed E-state index contributed by atoms with van der Waals surface area (Å²) >= 11 is 0. The van der Waals surface area contributed by atoms with Crippen LogP contribution in [0.5, 0.6) is 5.75 Å². The van der Waals surface area contributed by atoms with Gasteiger partial charge in [0, 0.05) is 17.7 Å². The minimum absolute atomic E-state index is 0.00907. The van der Waals surface area contributed by atoms with E-state index in [0.717, 1.165) is 18.1 Å². The van der Waals surface area contributed by atoms with E-state index in [1.165, 1.54) is 44.1 Å². The van der Waals surface area contributed by atoms with Crippen molar-refractivity contribution in [2.75, 3.05) is 6.61 Å². The molecule has 192 valence electrons. The van der Waals surface area contributed by atoms with E-state index >= 15 is 0 Å². The molecule has 0 heterocycles. The topological polar surface area (TPSA) is 9.23 Å². The Balaban J connectivity index is 1.34. The van der Waals surface area contributed by atoms with Crippen LogP contribution in [0.1, 0.15) is 68.9 Å². The molecule has 0 N–H and O–H groups in total. The molecule has 3 aromatic carbocycles. The minimum Gasteiger partial charge on any atom is -0.493 e. The van der Waals surface area contributed by atoms with Gasteiger partial charge in [-0.1, -0.05) is 56.2 Å². The van der Waals surface area contributed by atoms with Crippen molar-refractivity contribution in [1.82, 2.24) is 0 Å². The highest BCUT2D eigenvalue weighted by Gasteiger charge is 2.22. The van der Waals surface area contributed by atoms with Crippen molar-refractivity contribution in [3.8, 4) is 16.9 Å². The number of hydrogen-bond donors (Lipinski definition) is 0. The monoisotopic (exact) mass is 502 g/mol. The van der Waals surface area contributed by atoms with Crippen LogP contribution in [0.3, 0.4) is 0 Å². The summed E-state index contributed by atoms with van der Waals surface area (Å²) in [4.78, 5) is 0. The molecule has 0 amide bonds. The molecule has 0 aliphatic heterocycles. The first-order valence-corrected chi connectivity index (χ1v) is 12.7. The Morgan fingerprint density at radius 3 is 2.08 bits per heavy atom. The Morgan fingerprint density at radius 2 is 1.44 bits per heavy atom. The van der Waals surface area contributed by atoms with Gasteiger partial charge in [0.15, 0.2) is 29.1 Å². The number of halogens is 5. The van der Waals surface area contributed by atoms with Crippen molar-refractivity contribution >= 4 is 0 Å². The third-order valence-electron chi connectivity index (χ3n) is 7.22. The summed E-state index contributed by atoms with van der Waals surface area (Å²) in [6.07, 6.45) is 7.85. The lowest BCUT2D eigenvalue weighted by atomic mass is 9.77. The summed E-state index contributed by atoms with van der Waals surface area (Å²) in [5, 5.41) is 0. The number of rotatable bonds is 9. The molecule has 1 nitrogen and oxygen atoms in total. The minimum atomic E-state index is -1.57. The zero-order valence-corrected chi connectivity index (χ0v) is 20.4. The van der Waals surface area contributed by atoms with Crippen molar-refractivity contribution < 1.29 is 26.7 Å². The average Bonchev–Trinajstić information content (AvgIpc) is 2.88. The third-order valence-corrected chi connectivity index (χ3v) is 7.22. The summed E-state index contributed by atoms with van der Waals surface area (Å²) in [6.45, 7) is 2.24. The lowest BCUT2D eigenvalue weighted by Gasteiger charge is -2.28. The molecule has 1 saturated carbocycles. The number of benzene rings is 3. The number of ether oxygens (including phenoxy) is 1. The van der Waals surface area contributed by atoms with Crippen LogP contribution in [0.4, 0.5) is 22.0 Å². The second-order valence-corrected chi connectivity index (χ2v) is 9.68. The summed E-state index contributed by atoms with van der Waals surface area (Å²) in [5.41, 5.74) is 2.29. The summed E-state index contributed by atoms with van der Waals surface area (Å²) in [5.74, 6) is -4.87. The van der Waals surface area contributed by atoms with Crippen LogP contribution in [-0.4, -0.2) is 6.61 Å². The first-order valence-electron chi connectivity index (χ1n) is 12.7. The van der Waals surface area contributed by atoms with Crippen LogP contribution in [0, 0.1) is 35.0 Å². The van der Waals surface area contributed by atoms with Gasteiger partial charge in [0.1, 0.15) is 5.75 Å². The molecule has 0 aromatic heterocycles. The SMILES string of the molecule is CCCC1CCC(c2ccc(-c3ccc(CCCOc4cc(F)c(F)c(F)c4)c(F)c3F)cc2)CC1. The first-order chi connectivity index (χ1) is 17.4. The maximum absolute atomic E-state index is 14.9. The molecule has 0 bridgehead atoms. The van der Waals surface area contributed by atoms with Gasteiger partial charge in [-0.15, -0.1) is 0 Å². The van der Waals surface area contributed by atoms with Gasteiger partial charge in [-0.05, 0) is 67.1 Å². The van der Waals surface area contributed by atoms with E-state index < -0.39 is 29.1 Å². The highest BCUT2D eigenvalue weighted by Crippen LogP contribution is 2.38. The Labute approximate surface area is 209 Å². The molecule has 4 rings (SSSR count). The van der Waals surface area contributed by atoms with Gasteiger partial charge >= 0.3 is 0 Å².